The molecule has 7 nitrogen and oxygen atoms in total. The molecule has 0 aliphatic heterocycles. The Morgan fingerprint density at radius 3 is 2.71 bits per heavy atom. The average molecular weight is 333 g/mol. The molecule has 0 aliphatic rings. The van der Waals surface area contributed by atoms with Gasteiger partial charge in [-0.05, 0) is 25.3 Å². The van der Waals surface area contributed by atoms with Crippen LogP contribution in [0, 0.1) is 5.92 Å². The van der Waals surface area contributed by atoms with E-state index in [1.807, 2.05) is 24.6 Å². The van der Waals surface area contributed by atoms with Crippen LogP contribution in [0.1, 0.15) is 42.6 Å². The van der Waals surface area contributed by atoms with Crippen molar-refractivity contribution in [3.05, 3.63) is 35.7 Å². The molecule has 0 saturated carbocycles. The van der Waals surface area contributed by atoms with E-state index in [1.54, 1.807) is 22.1 Å². The largest absolute Gasteiger partial charge is 0.395 e. The van der Waals surface area contributed by atoms with Gasteiger partial charge < -0.3 is 14.6 Å². The van der Waals surface area contributed by atoms with Gasteiger partial charge in [-0.3, -0.25) is 9.48 Å². The predicted molar refractivity (Wildman–Crippen MR) is 91.5 cm³/mol. The lowest BCUT2D eigenvalue weighted by Gasteiger charge is -2.22. The third kappa shape index (κ3) is 4.23. The van der Waals surface area contributed by atoms with Crippen LogP contribution in [0.3, 0.4) is 0 Å². The maximum Gasteiger partial charge on any atom is 0.272 e. The number of aromatic nitrogens is 4. The van der Waals surface area contributed by atoms with Crippen LogP contribution < -0.4 is 0 Å². The monoisotopic (exact) mass is 333 g/mol. The second-order valence-electron chi connectivity index (χ2n) is 6.38. The van der Waals surface area contributed by atoms with Crippen molar-refractivity contribution in [1.29, 1.82) is 0 Å². The van der Waals surface area contributed by atoms with Gasteiger partial charge in [0, 0.05) is 26.3 Å². The first-order chi connectivity index (χ1) is 11.5. The lowest BCUT2D eigenvalue weighted by atomic mass is 10.1. The Morgan fingerprint density at radius 2 is 2.17 bits per heavy atom. The number of hydrogen-bond acceptors (Lipinski definition) is 4. The van der Waals surface area contributed by atoms with Crippen molar-refractivity contribution in [3.8, 4) is 0 Å². The van der Waals surface area contributed by atoms with E-state index < -0.39 is 0 Å². The zero-order valence-electron chi connectivity index (χ0n) is 14.9. The topological polar surface area (TPSA) is 76.2 Å². The third-order valence-electron chi connectivity index (χ3n) is 3.89. The van der Waals surface area contributed by atoms with E-state index in [-0.39, 0.29) is 19.1 Å². The van der Waals surface area contributed by atoms with E-state index >= 15 is 0 Å². The van der Waals surface area contributed by atoms with Gasteiger partial charge in [0.05, 0.1) is 30.9 Å². The van der Waals surface area contributed by atoms with Crippen molar-refractivity contribution in [3.63, 3.8) is 0 Å². The third-order valence-corrected chi connectivity index (χ3v) is 3.89. The highest BCUT2D eigenvalue weighted by atomic mass is 16.3. The zero-order valence-corrected chi connectivity index (χ0v) is 14.9. The summed E-state index contributed by atoms with van der Waals surface area (Å²) >= 11 is 0. The molecule has 1 N–H and O–H groups in total. The van der Waals surface area contributed by atoms with Gasteiger partial charge in [0.15, 0.2) is 0 Å². The number of nitrogens with zero attached hydrogens (tertiary/aromatic N) is 5. The molecule has 0 aromatic carbocycles. The minimum Gasteiger partial charge on any atom is -0.395 e. The Kier molecular flexibility index (Phi) is 6.14. The van der Waals surface area contributed by atoms with Crippen molar-refractivity contribution in [1.82, 2.24) is 24.2 Å². The van der Waals surface area contributed by atoms with Crippen LogP contribution in [0.4, 0.5) is 0 Å². The van der Waals surface area contributed by atoms with Gasteiger partial charge in [-0.15, -0.1) is 0 Å². The van der Waals surface area contributed by atoms with Gasteiger partial charge >= 0.3 is 0 Å². The molecular formula is C17H27N5O2. The van der Waals surface area contributed by atoms with Gasteiger partial charge in [-0.1, -0.05) is 13.8 Å². The molecule has 2 heterocycles. The first-order valence-corrected chi connectivity index (χ1v) is 8.38. The normalized spacial score (nSPS) is 11.2. The quantitative estimate of drug-likeness (QED) is 0.794. The fraction of sp³-hybridized carbons (Fsp3) is 0.588. The lowest BCUT2D eigenvalue weighted by molar-refractivity contribution is 0.0691. The maximum atomic E-state index is 13.0. The molecule has 0 saturated heterocycles. The molecule has 0 unspecified atom stereocenters. The van der Waals surface area contributed by atoms with Gasteiger partial charge in [-0.25, -0.2) is 4.98 Å². The number of aryl methyl sites for hydroxylation is 2. The molecule has 1 amide bonds. The first-order valence-electron chi connectivity index (χ1n) is 8.38. The van der Waals surface area contributed by atoms with E-state index in [0.717, 1.165) is 17.8 Å². The first kappa shape index (κ1) is 18.2. The lowest BCUT2D eigenvalue weighted by Crippen LogP contribution is -2.35. The number of imidazole rings is 1. The van der Waals surface area contributed by atoms with E-state index in [4.69, 9.17) is 0 Å². The smallest absolute Gasteiger partial charge is 0.272 e. The van der Waals surface area contributed by atoms with E-state index in [2.05, 4.69) is 23.9 Å². The molecule has 7 heteroatoms. The van der Waals surface area contributed by atoms with Gasteiger partial charge in [0.2, 0.25) is 0 Å². The van der Waals surface area contributed by atoms with Crippen LogP contribution in [0.25, 0.3) is 0 Å². The number of aliphatic hydroxyl groups excluding tert-OH is 1. The van der Waals surface area contributed by atoms with E-state index in [1.165, 1.54) is 0 Å². The summed E-state index contributed by atoms with van der Waals surface area (Å²) < 4.78 is 3.62. The summed E-state index contributed by atoms with van der Waals surface area (Å²) in [6.45, 7) is 7.48. The molecule has 0 fully saturated rings. The number of carbonyl (C=O) groups is 1. The average Bonchev–Trinajstić information content (AvgIpc) is 3.12. The summed E-state index contributed by atoms with van der Waals surface area (Å²) in [4.78, 5) is 18.7. The van der Waals surface area contributed by atoms with Gasteiger partial charge in [-0.2, -0.15) is 5.10 Å². The van der Waals surface area contributed by atoms with Crippen LogP contribution in [-0.4, -0.2) is 48.4 Å². The van der Waals surface area contributed by atoms with Crippen molar-refractivity contribution in [2.45, 2.75) is 40.3 Å². The highest BCUT2D eigenvalue weighted by Crippen LogP contribution is 2.14. The highest BCUT2D eigenvalue weighted by Gasteiger charge is 2.22. The Labute approximate surface area is 142 Å². The molecule has 0 aliphatic carbocycles. The Balaban J connectivity index is 2.25. The molecule has 2 aromatic rings. The number of rotatable bonds is 8. The Bertz CT molecular complexity index is 674. The molecule has 2 rings (SSSR count). The number of amides is 1. The summed E-state index contributed by atoms with van der Waals surface area (Å²) in [6.07, 6.45) is 4.28. The minimum absolute atomic E-state index is 0.0807. The summed E-state index contributed by atoms with van der Waals surface area (Å²) in [7, 11) is 1.89. The zero-order chi connectivity index (χ0) is 17.7. The maximum absolute atomic E-state index is 13.0. The molecule has 0 bridgehead atoms. The summed E-state index contributed by atoms with van der Waals surface area (Å²) in [5, 5.41) is 13.9. The molecule has 2 aromatic heterocycles. The highest BCUT2D eigenvalue weighted by molar-refractivity contribution is 5.92. The molecular weight excluding hydrogens is 306 g/mol. The van der Waals surface area contributed by atoms with Crippen LogP contribution in [-0.2, 0) is 26.6 Å². The standard InChI is InChI=1S/C17H27N5O2/c1-5-22-16(9-14(19-22)8-13(2)3)17(24)21(6-7-23)11-15-10-18-12-20(15)4/h9-10,12-13,23H,5-8,11H2,1-4H3. The predicted octanol–water partition coefficient (Wildman–Crippen LogP) is 1.47. The van der Waals surface area contributed by atoms with Gasteiger partial charge in [0.25, 0.3) is 5.91 Å². The fourth-order valence-electron chi connectivity index (χ4n) is 2.67. The fourth-order valence-corrected chi connectivity index (χ4v) is 2.67. The number of carbonyl (C=O) groups excluding carboxylic acids is 1. The van der Waals surface area contributed by atoms with Crippen LogP contribution in [0.5, 0.6) is 0 Å². The molecule has 24 heavy (non-hydrogen) atoms. The molecule has 132 valence electrons. The van der Waals surface area contributed by atoms with Crippen molar-refractivity contribution >= 4 is 5.91 Å². The van der Waals surface area contributed by atoms with Crippen LogP contribution in [0.2, 0.25) is 0 Å². The molecule has 0 spiro atoms. The Morgan fingerprint density at radius 1 is 1.42 bits per heavy atom. The second kappa shape index (κ2) is 8.10. The van der Waals surface area contributed by atoms with E-state index in [9.17, 15) is 9.90 Å². The second-order valence-corrected chi connectivity index (χ2v) is 6.38. The van der Waals surface area contributed by atoms with E-state index in [0.29, 0.717) is 24.7 Å². The summed E-state index contributed by atoms with van der Waals surface area (Å²) in [6, 6.07) is 1.87. The van der Waals surface area contributed by atoms with Gasteiger partial charge in [0.1, 0.15) is 5.69 Å². The van der Waals surface area contributed by atoms with Crippen molar-refractivity contribution in [2.75, 3.05) is 13.2 Å². The Hall–Kier alpha value is -2.15. The van der Waals surface area contributed by atoms with Crippen molar-refractivity contribution in [2.24, 2.45) is 13.0 Å². The molecule has 0 atom stereocenters. The molecule has 0 radical (unpaired) electrons. The van der Waals surface area contributed by atoms with Crippen LogP contribution in [0.15, 0.2) is 18.6 Å². The van der Waals surface area contributed by atoms with Crippen molar-refractivity contribution < 1.29 is 9.90 Å². The van der Waals surface area contributed by atoms with Crippen LogP contribution >= 0.6 is 0 Å². The SMILES string of the molecule is CCn1nc(CC(C)C)cc1C(=O)N(CCO)Cc1cncn1C. The number of hydrogen-bond donors (Lipinski definition) is 1. The minimum atomic E-state index is -0.116. The summed E-state index contributed by atoms with van der Waals surface area (Å²) in [5.74, 6) is 0.366. The number of aliphatic hydroxyl groups is 1. The summed E-state index contributed by atoms with van der Waals surface area (Å²) in [5.41, 5.74) is 2.42.